The number of nitrogens with zero attached hydrogens (tertiary/aromatic N) is 1. The number of benzene rings is 1. The summed E-state index contributed by atoms with van der Waals surface area (Å²) in [6, 6.07) is 6.52. The molecule has 1 saturated carbocycles. The average molecular weight is 235 g/mol. The highest BCUT2D eigenvalue weighted by molar-refractivity contribution is 5.73. The summed E-state index contributed by atoms with van der Waals surface area (Å²) >= 11 is 0. The van der Waals surface area contributed by atoms with Crippen LogP contribution in [-0.2, 0) is 9.53 Å². The molecule has 0 unspecified atom stereocenters. The minimum atomic E-state index is -0.415. The Morgan fingerprint density at radius 3 is 2.41 bits per heavy atom. The number of carbonyl (C=O) groups is 1. The molecule has 0 N–H and O–H groups in total. The van der Waals surface area contributed by atoms with Gasteiger partial charge < -0.3 is 4.74 Å². The molecular weight excluding hydrogens is 222 g/mol. The summed E-state index contributed by atoms with van der Waals surface area (Å²) in [4.78, 5) is 21.3. The molecule has 1 aliphatic carbocycles. The molecule has 1 aliphatic rings. The lowest BCUT2D eigenvalue weighted by Gasteiger charge is -2.33. The van der Waals surface area contributed by atoms with Gasteiger partial charge in [0.05, 0.1) is 18.0 Å². The molecule has 0 saturated heterocycles. The molecule has 1 aromatic rings. The second-order valence-corrected chi connectivity index (χ2v) is 4.24. The van der Waals surface area contributed by atoms with Gasteiger partial charge in [-0.3, -0.25) is 14.9 Å². The second kappa shape index (κ2) is 4.53. The molecule has 5 heteroatoms. The van der Waals surface area contributed by atoms with Gasteiger partial charge in [-0.15, -0.1) is 0 Å². The summed E-state index contributed by atoms with van der Waals surface area (Å²) in [5.74, 6) is 0.142. The summed E-state index contributed by atoms with van der Waals surface area (Å²) in [7, 11) is 1.39. The van der Waals surface area contributed by atoms with E-state index < -0.39 is 4.92 Å². The molecule has 0 aromatic heterocycles. The molecule has 2 rings (SSSR count). The van der Waals surface area contributed by atoms with Crippen molar-refractivity contribution in [3.8, 4) is 0 Å². The second-order valence-electron chi connectivity index (χ2n) is 4.24. The summed E-state index contributed by atoms with van der Waals surface area (Å²) in [6.45, 7) is 0. The number of rotatable bonds is 3. The normalized spacial score (nSPS) is 22.6. The van der Waals surface area contributed by atoms with Crippen LogP contribution in [0, 0.1) is 16.0 Å². The van der Waals surface area contributed by atoms with Gasteiger partial charge in [0.2, 0.25) is 0 Å². The van der Waals surface area contributed by atoms with Crippen LogP contribution in [-0.4, -0.2) is 18.0 Å². The number of esters is 1. The molecule has 0 aliphatic heterocycles. The third-order valence-corrected chi connectivity index (χ3v) is 3.25. The number of ether oxygens (including phenoxy) is 1. The van der Waals surface area contributed by atoms with Gasteiger partial charge in [0.15, 0.2) is 0 Å². The minimum absolute atomic E-state index is 0.0137. The van der Waals surface area contributed by atoms with Crippen LogP contribution in [0.5, 0.6) is 0 Å². The van der Waals surface area contributed by atoms with Crippen molar-refractivity contribution < 1.29 is 14.5 Å². The van der Waals surface area contributed by atoms with Crippen LogP contribution >= 0.6 is 0 Å². The highest BCUT2D eigenvalue weighted by atomic mass is 16.6. The van der Waals surface area contributed by atoms with Gasteiger partial charge in [0.1, 0.15) is 0 Å². The van der Waals surface area contributed by atoms with E-state index in [0.717, 1.165) is 18.4 Å². The Balaban J connectivity index is 1.97. The van der Waals surface area contributed by atoms with E-state index in [0.29, 0.717) is 5.92 Å². The van der Waals surface area contributed by atoms with E-state index >= 15 is 0 Å². The summed E-state index contributed by atoms with van der Waals surface area (Å²) in [6.07, 6.45) is 1.54. The van der Waals surface area contributed by atoms with Crippen molar-refractivity contribution in [1.82, 2.24) is 0 Å². The van der Waals surface area contributed by atoms with Crippen molar-refractivity contribution in [2.24, 2.45) is 5.92 Å². The molecule has 1 aromatic carbocycles. The van der Waals surface area contributed by atoms with Gasteiger partial charge in [0, 0.05) is 12.1 Å². The first kappa shape index (κ1) is 11.6. The third-order valence-electron chi connectivity index (χ3n) is 3.25. The largest absolute Gasteiger partial charge is 0.469 e. The molecular formula is C12H13NO4. The number of nitro benzene ring substituents is 1. The van der Waals surface area contributed by atoms with Crippen LogP contribution in [0.1, 0.15) is 24.3 Å². The summed E-state index contributed by atoms with van der Waals surface area (Å²) in [5.41, 5.74) is 1.15. The lowest BCUT2D eigenvalue weighted by molar-refractivity contribution is -0.384. The predicted molar refractivity (Wildman–Crippen MR) is 60.6 cm³/mol. The topological polar surface area (TPSA) is 69.4 Å². The SMILES string of the molecule is COC(=O)C1CC(c2ccc([N+](=O)[O-])cc2)C1. The average Bonchev–Trinajstić information content (AvgIpc) is 2.27. The van der Waals surface area contributed by atoms with Crippen LogP contribution in [0.4, 0.5) is 5.69 Å². The van der Waals surface area contributed by atoms with Crippen molar-refractivity contribution in [1.29, 1.82) is 0 Å². The van der Waals surface area contributed by atoms with E-state index in [1.165, 1.54) is 19.2 Å². The standard InChI is InChI=1S/C12H13NO4/c1-17-12(14)10-6-9(7-10)8-2-4-11(5-3-8)13(15)16/h2-5,9-10H,6-7H2,1H3. The van der Waals surface area contributed by atoms with E-state index in [4.69, 9.17) is 0 Å². The molecule has 0 amide bonds. The van der Waals surface area contributed by atoms with Gasteiger partial charge in [-0.1, -0.05) is 12.1 Å². The quantitative estimate of drug-likeness (QED) is 0.457. The van der Waals surface area contributed by atoms with Gasteiger partial charge in [0.25, 0.3) is 5.69 Å². The monoisotopic (exact) mass is 235 g/mol. The zero-order valence-electron chi connectivity index (χ0n) is 9.46. The van der Waals surface area contributed by atoms with Gasteiger partial charge >= 0.3 is 5.97 Å². The zero-order chi connectivity index (χ0) is 12.4. The molecule has 90 valence electrons. The molecule has 0 atom stereocenters. The van der Waals surface area contributed by atoms with Gasteiger partial charge in [-0.05, 0) is 24.3 Å². The van der Waals surface area contributed by atoms with Crippen LogP contribution in [0.2, 0.25) is 0 Å². The number of carbonyl (C=O) groups excluding carboxylic acids is 1. The maximum absolute atomic E-state index is 11.2. The van der Waals surface area contributed by atoms with Crippen molar-refractivity contribution in [3.05, 3.63) is 39.9 Å². The first-order valence-corrected chi connectivity index (χ1v) is 5.44. The highest BCUT2D eigenvalue weighted by Gasteiger charge is 2.36. The number of methoxy groups -OCH3 is 1. The maximum atomic E-state index is 11.2. The van der Waals surface area contributed by atoms with E-state index in [1.807, 2.05) is 0 Å². The van der Waals surface area contributed by atoms with Crippen LogP contribution in [0.25, 0.3) is 0 Å². The Bertz CT molecular complexity index is 434. The van der Waals surface area contributed by atoms with Gasteiger partial charge in [-0.25, -0.2) is 0 Å². The third kappa shape index (κ3) is 2.27. The fraction of sp³-hybridized carbons (Fsp3) is 0.417. The van der Waals surface area contributed by atoms with Crippen LogP contribution in [0.3, 0.4) is 0 Å². The predicted octanol–water partition coefficient (Wildman–Crippen LogP) is 2.26. The fourth-order valence-corrected chi connectivity index (χ4v) is 2.12. The lowest BCUT2D eigenvalue weighted by atomic mass is 9.71. The lowest BCUT2D eigenvalue weighted by Crippen LogP contribution is -2.29. The molecule has 0 bridgehead atoms. The molecule has 5 nitrogen and oxygen atoms in total. The van der Waals surface area contributed by atoms with Crippen molar-refractivity contribution in [2.45, 2.75) is 18.8 Å². The number of hydrogen-bond donors (Lipinski definition) is 0. The Labute approximate surface area is 98.5 Å². The first-order valence-electron chi connectivity index (χ1n) is 5.44. The van der Waals surface area contributed by atoms with Crippen molar-refractivity contribution in [3.63, 3.8) is 0 Å². The zero-order valence-corrected chi connectivity index (χ0v) is 9.46. The Morgan fingerprint density at radius 2 is 1.94 bits per heavy atom. The number of hydrogen-bond acceptors (Lipinski definition) is 4. The molecule has 17 heavy (non-hydrogen) atoms. The first-order chi connectivity index (χ1) is 8.11. The van der Waals surface area contributed by atoms with Crippen molar-refractivity contribution in [2.75, 3.05) is 7.11 Å². The van der Waals surface area contributed by atoms with Gasteiger partial charge in [-0.2, -0.15) is 0 Å². The Hall–Kier alpha value is -1.91. The van der Waals surface area contributed by atoms with E-state index in [9.17, 15) is 14.9 Å². The van der Waals surface area contributed by atoms with Crippen LogP contribution in [0.15, 0.2) is 24.3 Å². The Morgan fingerprint density at radius 1 is 1.35 bits per heavy atom. The summed E-state index contributed by atoms with van der Waals surface area (Å²) < 4.78 is 4.66. The molecule has 0 radical (unpaired) electrons. The molecule has 1 fully saturated rings. The van der Waals surface area contributed by atoms with E-state index in [1.54, 1.807) is 12.1 Å². The molecule has 0 heterocycles. The van der Waals surface area contributed by atoms with Crippen molar-refractivity contribution >= 4 is 11.7 Å². The summed E-state index contributed by atoms with van der Waals surface area (Å²) in [5, 5.41) is 10.5. The Kier molecular flexibility index (Phi) is 3.08. The van der Waals surface area contributed by atoms with Crippen LogP contribution < -0.4 is 0 Å². The molecule has 0 spiro atoms. The minimum Gasteiger partial charge on any atom is -0.469 e. The maximum Gasteiger partial charge on any atom is 0.308 e. The van der Waals surface area contributed by atoms with E-state index in [-0.39, 0.29) is 17.6 Å². The highest BCUT2D eigenvalue weighted by Crippen LogP contribution is 2.42. The number of nitro groups is 1. The number of non-ortho nitro benzene ring substituents is 1. The smallest absolute Gasteiger partial charge is 0.308 e. The fourth-order valence-electron chi connectivity index (χ4n) is 2.12. The van der Waals surface area contributed by atoms with E-state index in [2.05, 4.69) is 4.74 Å².